The fourth-order valence-corrected chi connectivity index (χ4v) is 4.54. The zero-order valence-corrected chi connectivity index (χ0v) is 22.9. The first-order valence-electron chi connectivity index (χ1n) is 11.3. The van der Waals surface area contributed by atoms with E-state index in [1.807, 2.05) is 13.1 Å². The number of aryl methyl sites for hydroxylation is 1. The normalized spacial score (nSPS) is 15.7. The lowest BCUT2D eigenvalue weighted by Crippen LogP contribution is -2.43. The summed E-state index contributed by atoms with van der Waals surface area (Å²) >= 11 is 1.66. The highest BCUT2D eigenvalue weighted by Gasteiger charge is 2.25. The van der Waals surface area contributed by atoms with Crippen LogP contribution in [-0.4, -0.2) is 65.1 Å². The van der Waals surface area contributed by atoms with E-state index in [4.69, 9.17) is 4.42 Å². The molecule has 0 amide bonds. The van der Waals surface area contributed by atoms with Gasteiger partial charge in [0, 0.05) is 33.1 Å². The van der Waals surface area contributed by atoms with E-state index in [1.165, 1.54) is 12.8 Å². The molecule has 3 heterocycles. The van der Waals surface area contributed by atoms with E-state index in [2.05, 4.69) is 61.5 Å². The Balaban J connectivity index is 0.00000363. The molecule has 180 valence electrons. The molecule has 0 aromatic carbocycles. The molecule has 8 nitrogen and oxygen atoms in total. The molecule has 32 heavy (non-hydrogen) atoms. The SMILES string of the molecule is CN=C(NCCCc1nnc(SC)n1CC(C)C)NCC(c1ccco1)N1CCCC1.I. The molecule has 1 aliphatic rings. The second kappa shape index (κ2) is 14.1. The Morgan fingerprint density at radius 1 is 1.25 bits per heavy atom. The number of thioether (sulfide) groups is 1. The van der Waals surface area contributed by atoms with Gasteiger partial charge in [0.15, 0.2) is 11.1 Å². The third kappa shape index (κ3) is 7.65. The van der Waals surface area contributed by atoms with Crippen molar-refractivity contribution >= 4 is 41.7 Å². The maximum atomic E-state index is 5.71. The van der Waals surface area contributed by atoms with Crippen molar-refractivity contribution < 1.29 is 4.42 Å². The van der Waals surface area contributed by atoms with Crippen LogP contribution in [0.15, 0.2) is 33.0 Å². The highest BCUT2D eigenvalue weighted by Crippen LogP contribution is 2.24. The van der Waals surface area contributed by atoms with Crippen LogP contribution in [0.5, 0.6) is 0 Å². The molecular weight excluding hydrogens is 537 g/mol. The van der Waals surface area contributed by atoms with Gasteiger partial charge in [-0.25, -0.2) is 0 Å². The zero-order chi connectivity index (χ0) is 22.1. The largest absolute Gasteiger partial charge is 0.468 e. The monoisotopic (exact) mass is 575 g/mol. The average molecular weight is 576 g/mol. The topological polar surface area (TPSA) is 83.5 Å². The predicted octanol–water partition coefficient (Wildman–Crippen LogP) is 3.80. The average Bonchev–Trinajstić information content (AvgIpc) is 3.52. The molecule has 1 saturated heterocycles. The van der Waals surface area contributed by atoms with Gasteiger partial charge in [0.05, 0.1) is 12.3 Å². The summed E-state index contributed by atoms with van der Waals surface area (Å²) in [4.78, 5) is 6.89. The molecule has 1 atom stereocenters. The van der Waals surface area contributed by atoms with E-state index in [0.29, 0.717) is 5.92 Å². The van der Waals surface area contributed by atoms with Crippen LogP contribution in [0, 0.1) is 5.92 Å². The molecule has 2 N–H and O–H groups in total. The standard InChI is InChI=1S/C22H37N7OS.HI/c1-17(2)16-29-20(26-27-22(29)31-4)10-7-11-24-21(23-3)25-15-18(19-9-8-14-30-19)28-12-5-6-13-28;/h8-9,14,17-18H,5-7,10-13,15-16H2,1-4H3,(H2,23,24,25);1H. The number of rotatable bonds is 11. The van der Waals surface area contributed by atoms with Crippen molar-refractivity contribution in [3.8, 4) is 0 Å². The van der Waals surface area contributed by atoms with Gasteiger partial charge in [0.25, 0.3) is 0 Å². The summed E-state index contributed by atoms with van der Waals surface area (Å²) in [5, 5.41) is 16.7. The molecule has 0 saturated carbocycles. The Hall–Kier alpha value is -1.27. The van der Waals surface area contributed by atoms with E-state index in [9.17, 15) is 0 Å². The van der Waals surface area contributed by atoms with Crippen molar-refractivity contribution in [3.05, 3.63) is 30.0 Å². The minimum absolute atomic E-state index is 0. The van der Waals surface area contributed by atoms with E-state index in [-0.39, 0.29) is 30.0 Å². The van der Waals surface area contributed by atoms with Crippen molar-refractivity contribution in [2.75, 3.05) is 39.5 Å². The number of hydrogen-bond acceptors (Lipinski definition) is 6. The first-order valence-corrected chi connectivity index (χ1v) is 12.5. The fourth-order valence-electron chi connectivity index (χ4n) is 4.01. The van der Waals surface area contributed by atoms with E-state index < -0.39 is 0 Å². The number of hydrogen-bond donors (Lipinski definition) is 2. The molecule has 1 fully saturated rings. The van der Waals surface area contributed by atoms with Crippen molar-refractivity contribution in [1.29, 1.82) is 0 Å². The van der Waals surface area contributed by atoms with Crippen molar-refractivity contribution in [1.82, 2.24) is 30.3 Å². The lowest BCUT2D eigenvalue weighted by molar-refractivity contribution is 0.215. The number of nitrogens with zero attached hydrogens (tertiary/aromatic N) is 5. The van der Waals surface area contributed by atoms with Crippen LogP contribution in [0.4, 0.5) is 0 Å². The highest BCUT2D eigenvalue weighted by molar-refractivity contribution is 14.0. The predicted molar refractivity (Wildman–Crippen MR) is 142 cm³/mol. The summed E-state index contributed by atoms with van der Waals surface area (Å²) in [7, 11) is 1.82. The maximum Gasteiger partial charge on any atom is 0.191 e. The van der Waals surface area contributed by atoms with E-state index in [1.54, 1.807) is 18.0 Å². The maximum absolute atomic E-state index is 5.71. The zero-order valence-electron chi connectivity index (χ0n) is 19.7. The highest BCUT2D eigenvalue weighted by atomic mass is 127. The van der Waals surface area contributed by atoms with Crippen LogP contribution >= 0.6 is 35.7 Å². The molecule has 2 aromatic rings. The van der Waals surface area contributed by atoms with E-state index in [0.717, 1.165) is 68.3 Å². The Labute approximate surface area is 213 Å². The van der Waals surface area contributed by atoms with Gasteiger partial charge in [0.2, 0.25) is 0 Å². The lowest BCUT2D eigenvalue weighted by Gasteiger charge is -2.26. The van der Waals surface area contributed by atoms with Crippen LogP contribution in [0.1, 0.15) is 50.7 Å². The smallest absolute Gasteiger partial charge is 0.191 e. The lowest BCUT2D eigenvalue weighted by atomic mass is 10.2. The van der Waals surface area contributed by atoms with Crippen molar-refractivity contribution in [2.45, 2.75) is 57.3 Å². The second-order valence-electron chi connectivity index (χ2n) is 8.37. The number of guanidine groups is 1. The number of likely N-dealkylation sites (tertiary alicyclic amines) is 1. The number of furan rings is 1. The minimum atomic E-state index is 0. The number of halogens is 1. The van der Waals surface area contributed by atoms with Gasteiger partial charge in [0.1, 0.15) is 11.6 Å². The Morgan fingerprint density at radius 2 is 2.03 bits per heavy atom. The summed E-state index contributed by atoms with van der Waals surface area (Å²) in [5.74, 6) is 3.47. The number of aromatic nitrogens is 3. The van der Waals surface area contributed by atoms with Crippen molar-refractivity contribution in [2.24, 2.45) is 10.9 Å². The van der Waals surface area contributed by atoms with Crippen LogP contribution in [0.2, 0.25) is 0 Å². The molecule has 1 unspecified atom stereocenters. The summed E-state index contributed by atoms with van der Waals surface area (Å²) in [5.41, 5.74) is 0. The minimum Gasteiger partial charge on any atom is -0.468 e. The molecule has 3 rings (SSSR count). The summed E-state index contributed by atoms with van der Waals surface area (Å²) in [6, 6.07) is 4.26. The summed E-state index contributed by atoms with van der Waals surface area (Å²) in [6.45, 7) is 9.25. The van der Waals surface area contributed by atoms with Gasteiger partial charge >= 0.3 is 0 Å². The summed E-state index contributed by atoms with van der Waals surface area (Å²) in [6.07, 6.45) is 8.19. The molecular formula is C22H38IN7OS. The first kappa shape index (κ1) is 27.0. The van der Waals surface area contributed by atoms with Gasteiger partial charge < -0.3 is 19.6 Å². The molecule has 1 aliphatic heterocycles. The fraction of sp³-hybridized carbons (Fsp3) is 0.682. The number of nitrogens with one attached hydrogen (secondary N) is 2. The molecule has 0 bridgehead atoms. The molecule has 0 aliphatic carbocycles. The van der Waals surface area contributed by atoms with Crippen molar-refractivity contribution in [3.63, 3.8) is 0 Å². The van der Waals surface area contributed by atoms with Crippen LogP contribution in [0.25, 0.3) is 0 Å². The molecule has 0 radical (unpaired) electrons. The second-order valence-corrected chi connectivity index (χ2v) is 9.14. The third-order valence-corrected chi connectivity index (χ3v) is 6.20. The Kier molecular flexibility index (Phi) is 11.9. The molecule has 2 aromatic heterocycles. The summed E-state index contributed by atoms with van der Waals surface area (Å²) < 4.78 is 7.97. The van der Waals surface area contributed by atoms with Gasteiger partial charge in [-0.2, -0.15) is 0 Å². The van der Waals surface area contributed by atoms with Gasteiger partial charge in [-0.15, -0.1) is 34.2 Å². The van der Waals surface area contributed by atoms with Crippen LogP contribution in [0.3, 0.4) is 0 Å². The Bertz CT molecular complexity index is 803. The molecule has 0 spiro atoms. The molecule has 10 heteroatoms. The van der Waals surface area contributed by atoms with E-state index >= 15 is 0 Å². The van der Waals surface area contributed by atoms with Gasteiger partial charge in [-0.05, 0) is 56.7 Å². The Morgan fingerprint density at radius 3 is 2.66 bits per heavy atom. The number of aliphatic imine (C=N–C) groups is 1. The first-order chi connectivity index (χ1) is 15.1. The van der Waals surface area contributed by atoms with Crippen LogP contribution in [-0.2, 0) is 13.0 Å². The quantitative estimate of drug-likeness (QED) is 0.139. The van der Waals surface area contributed by atoms with Crippen LogP contribution < -0.4 is 10.6 Å². The van der Waals surface area contributed by atoms with Gasteiger partial charge in [-0.1, -0.05) is 25.6 Å². The third-order valence-electron chi connectivity index (χ3n) is 5.53. The van der Waals surface area contributed by atoms with Gasteiger partial charge in [-0.3, -0.25) is 9.89 Å².